The lowest BCUT2D eigenvalue weighted by molar-refractivity contribution is -0.0499. The van der Waals surface area contributed by atoms with Gasteiger partial charge in [-0.2, -0.15) is 21.6 Å². The Hall–Kier alpha value is -1.93. The lowest BCUT2D eigenvalue weighted by atomic mass is 9.94. The van der Waals surface area contributed by atoms with Crippen molar-refractivity contribution in [1.29, 1.82) is 0 Å². The third-order valence-corrected chi connectivity index (χ3v) is 5.35. The van der Waals surface area contributed by atoms with Crippen molar-refractivity contribution in [1.82, 2.24) is 0 Å². The Kier molecular flexibility index (Phi) is 5.07. The fourth-order valence-corrected chi connectivity index (χ4v) is 3.65. The summed E-state index contributed by atoms with van der Waals surface area (Å²) in [6.45, 7) is 0.772. The fourth-order valence-electron chi connectivity index (χ4n) is 2.90. The smallest absolute Gasteiger partial charge is 0.385 e. The van der Waals surface area contributed by atoms with Crippen LogP contribution in [-0.4, -0.2) is 20.5 Å². The van der Waals surface area contributed by atoms with Gasteiger partial charge in [0.15, 0.2) is 5.75 Å². The van der Waals surface area contributed by atoms with Crippen LogP contribution in [0.3, 0.4) is 0 Å². The van der Waals surface area contributed by atoms with Gasteiger partial charge in [-0.15, -0.1) is 0 Å². The van der Waals surface area contributed by atoms with Crippen LogP contribution in [0.5, 0.6) is 5.75 Å². The Balaban J connectivity index is 2.15. The van der Waals surface area contributed by atoms with Crippen molar-refractivity contribution in [2.24, 2.45) is 0 Å². The molecule has 140 valence electrons. The van der Waals surface area contributed by atoms with Crippen LogP contribution in [0.25, 0.3) is 11.1 Å². The highest BCUT2D eigenvalue weighted by Gasteiger charge is 2.48. The summed E-state index contributed by atoms with van der Waals surface area (Å²) in [7, 11) is -5.78. The van der Waals surface area contributed by atoms with Gasteiger partial charge in [0.2, 0.25) is 0 Å². The van der Waals surface area contributed by atoms with Crippen LogP contribution < -0.4 is 9.50 Å². The molecule has 1 N–H and O–H groups in total. The highest BCUT2D eigenvalue weighted by molar-refractivity contribution is 7.88. The van der Waals surface area contributed by atoms with Gasteiger partial charge in [0.25, 0.3) is 0 Å². The number of alkyl halides is 3. The summed E-state index contributed by atoms with van der Waals surface area (Å²) in [5.41, 5.74) is -3.18. The number of halogens is 4. The monoisotopic (exact) mass is 405 g/mol. The molecule has 0 bridgehead atoms. The number of hydrogen-bond acceptors (Lipinski definition) is 4. The van der Waals surface area contributed by atoms with Crippen molar-refractivity contribution in [3.8, 4) is 16.9 Å². The predicted molar refractivity (Wildman–Crippen MR) is 93.9 cm³/mol. The average Bonchev–Trinajstić information content (AvgIpc) is 2.80. The van der Waals surface area contributed by atoms with Gasteiger partial charge in [-0.25, -0.2) is 0 Å². The molecule has 0 saturated carbocycles. The number of nitrogens with one attached hydrogen (secondary N) is 1. The van der Waals surface area contributed by atoms with E-state index in [0.717, 1.165) is 30.6 Å². The van der Waals surface area contributed by atoms with Crippen molar-refractivity contribution in [3.05, 3.63) is 47.0 Å². The van der Waals surface area contributed by atoms with E-state index in [2.05, 4.69) is 9.50 Å². The van der Waals surface area contributed by atoms with Crippen molar-refractivity contribution >= 4 is 27.4 Å². The van der Waals surface area contributed by atoms with E-state index in [0.29, 0.717) is 17.0 Å². The zero-order valence-electron chi connectivity index (χ0n) is 13.4. The van der Waals surface area contributed by atoms with Crippen molar-refractivity contribution in [2.75, 3.05) is 11.9 Å². The highest BCUT2D eigenvalue weighted by atomic mass is 35.5. The van der Waals surface area contributed by atoms with Gasteiger partial charge in [0.05, 0.1) is 0 Å². The molecule has 9 heteroatoms. The number of rotatable bonds is 3. The number of fused-ring (bicyclic) bond motifs is 1. The Labute approximate surface area is 154 Å². The Morgan fingerprint density at radius 3 is 2.54 bits per heavy atom. The standard InChI is InChI=1S/C17H15ClF3NO3S/c18-13-8-9-14-11(5-3-4-10-22-14)16(13)12-6-1-2-7-15(12)25-26(23,24)17(19,20)21/h1-2,6-9,22H,3-5,10H2. The summed E-state index contributed by atoms with van der Waals surface area (Å²) in [4.78, 5) is 0. The molecule has 3 rings (SSSR count). The third-order valence-electron chi connectivity index (χ3n) is 4.07. The van der Waals surface area contributed by atoms with Crippen LogP contribution in [0.15, 0.2) is 36.4 Å². The number of hydrogen-bond donors (Lipinski definition) is 1. The molecule has 1 aliphatic heterocycles. The van der Waals surface area contributed by atoms with Gasteiger partial charge in [0, 0.05) is 28.4 Å². The first kappa shape index (κ1) is 18.8. The summed E-state index contributed by atoms with van der Waals surface area (Å²) in [6, 6.07) is 9.10. The van der Waals surface area contributed by atoms with Crippen molar-refractivity contribution < 1.29 is 25.8 Å². The second-order valence-electron chi connectivity index (χ2n) is 5.81. The summed E-state index contributed by atoms with van der Waals surface area (Å²) in [5, 5.41) is 3.57. The number of para-hydroxylation sites is 1. The minimum absolute atomic E-state index is 0.200. The van der Waals surface area contributed by atoms with E-state index in [9.17, 15) is 21.6 Å². The largest absolute Gasteiger partial charge is 0.534 e. The SMILES string of the molecule is O=S(=O)(Oc1ccccc1-c1c(Cl)ccc2c1CCCCN2)C(F)(F)F. The van der Waals surface area contributed by atoms with E-state index < -0.39 is 21.4 Å². The van der Waals surface area contributed by atoms with E-state index in [1.54, 1.807) is 12.1 Å². The van der Waals surface area contributed by atoms with Crippen LogP contribution in [0.1, 0.15) is 18.4 Å². The molecule has 0 spiro atoms. The van der Waals surface area contributed by atoms with Crippen LogP contribution in [0, 0.1) is 0 Å². The quantitative estimate of drug-likeness (QED) is 0.577. The molecule has 0 amide bonds. The van der Waals surface area contributed by atoms with E-state index >= 15 is 0 Å². The third kappa shape index (κ3) is 3.61. The maximum absolute atomic E-state index is 12.7. The van der Waals surface area contributed by atoms with Gasteiger partial charge < -0.3 is 9.50 Å². The van der Waals surface area contributed by atoms with E-state index in [1.165, 1.54) is 18.2 Å². The maximum Gasteiger partial charge on any atom is 0.534 e. The molecule has 0 atom stereocenters. The molecule has 2 aromatic carbocycles. The highest BCUT2D eigenvalue weighted by Crippen LogP contribution is 2.42. The number of benzene rings is 2. The second kappa shape index (κ2) is 7.00. The molecule has 1 aliphatic rings. The molecule has 26 heavy (non-hydrogen) atoms. The first-order valence-electron chi connectivity index (χ1n) is 7.86. The lowest BCUT2D eigenvalue weighted by Crippen LogP contribution is -2.28. The van der Waals surface area contributed by atoms with Crippen LogP contribution in [0.4, 0.5) is 18.9 Å². The topological polar surface area (TPSA) is 55.4 Å². The Bertz CT molecular complexity index is 929. The van der Waals surface area contributed by atoms with Crippen LogP contribution in [0.2, 0.25) is 5.02 Å². The Morgan fingerprint density at radius 1 is 1.08 bits per heavy atom. The summed E-state index contributed by atoms with van der Waals surface area (Å²) in [5.74, 6) is -0.413. The molecule has 0 radical (unpaired) electrons. The fraction of sp³-hybridized carbons (Fsp3) is 0.294. The van der Waals surface area contributed by atoms with Crippen molar-refractivity contribution in [3.63, 3.8) is 0 Å². The van der Waals surface area contributed by atoms with Gasteiger partial charge in [-0.05, 0) is 43.0 Å². The molecule has 0 fully saturated rings. The maximum atomic E-state index is 12.7. The van der Waals surface area contributed by atoms with Crippen LogP contribution in [-0.2, 0) is 16.5 Å². The molecular weight excluding hydrogens is 391 g/mol. The lowest BCUT2D eigenvalue weighted by Gasteiger charge is -2.18. The summed E-state index contributed by atoms with van der Waals surface area (Å²) in [6.07, 6.45) is 2.47. The van der Waals surface area contributed by atoms with E-state index in [4.69, 9.17) is 11.6 Å². The average molecular weight is 406 g/mol. The molecule has 0 unspecified atom stereocenters. The summed E-state index contributed by atoms with van der Waals surface area (Å²) >= 11 is 6.33. The van der Waals surface area contributed by atoms with Gasteiger partial charge >= 0.3 is 15.6 Å². The van der Waals surface area contributed by atoms with Gasteiger partial charge in [-0.3, -0.25) is 0 Å². The minimum atomic E-state index is -5.78. The Morgan fingerprint density at radius 2 is 1.81 bits per heavy atom. The molecular formula is C17H15ClF3NO3S. The zero-order chi connectivity index (χ0) is 18.9. The second-order valence-corrected chi connectivity index (χ2v) is 7.76. The number of anilines is 1. The normalized spacial score (nSPS) is 14.9. The predicted octanol–water partition coefficient (Wildman–Crippen LogP) is 4.98. The van der Waals surface area contributed by atoms with Crippen LogP contribution >= 0.6 is 11.6 Å². The minimum Gasteiger partial charge on any atom is -0.385 e. The van der Waals surface area contributed by atoms with E-state index in [1.807, 2.05) is 6.07 Å². The molecule has 0 saturated heterocycles. The molecule has 0 aliphatic carbocycles. The van der Waals surface area contributed by atoms with E-state index in [-0.39, 0.29) is 5.56 Å². The van der Waals surface area contributed by atoms with Crippen molar-refractivity contribution in [2.45, 2.75) is 24.8 Å². The summed E-state index contributed by atoms with van der Waals surface area (Å²) < 4.78 is 65.4. The molecule has 4 nitrogen and oxygen atoms in total. The molecule has 1 heterocycles. The molecule has 2 aromatic rings. The first-order valence-corrected chi connectivity index (χ1v) is 9.65. The zero-order valence-corrected chi connectivity index (χ0v) is 15.0. The molecule has 0 aromatic heterocycles. The van der Waals surface area contributed by atoms with Gasteiger partial charge in [-0.1, -0.05) is 29.8 Å². The first-order chi connectivity index (χ1) is 12.2. The van der Waals surface area contributed by atoms with Gasteiger partial charge in [0.1, 0.15) is 0 Å².